The molecular formula is C18H17NO3S. The van der Waals surface area contributed by atoms with Crippen LogP contribution in [0.1, 0.15) is 24.2 Å². The van der Waals surface area contributed by atoms with E-state index < -0.39 is 0 Å². The van der Waals surface area contributed by atoms with E-state index in [2.05, 4.69) is 4.98 Å². The molecule has 2 aromatic carbocycles. The quantitative estimate of drug-likeness (QED) is 0.489. The summed E-state index contributed by atoms with van der Waals surface area (Å²) >= 11 is 1.33. The number of oxazole rings is 1. The maximum Gasteiger partial charge on any atom is 0.257 e. The lowest BCUT2D eigenvalue weighted by atomic mass is 10.1. The second-order valence-electron chi connectivity index (χ2n) is 5.03. The second kappa shape index (κ2) is 6.87. The zero-order valence-corrected chi connectivity index (χ0v) is 13.8. The standard InChI is InChI=1S/C18H17NO3S/c1-3-21-14-10-8-13(9-11-14)17(20)12(2)23-18-19-15-6-4-5-7-16(15)22-18/h4-12H,3H2,1-2H3/t12-/m1/s1. The van der Waals surface area contributed by atoms with Gasteiger partial charge in [-0.05, 0) is 50.2 Å². The Morgan fingerprint density at radius 2 is 1.96 bits per heavy atom. The molecule has 0 saturated heterocycles. The number of para-hydroxylation sites is 2. The van der Waals surface area contributed by atoms with Crippen LogP contribution in [-0.4, -0.2) is 22.6 Å². The molecule has 1 heterocycles. The fraction of sp³-hybridized carbons (Fsp3) is 0.222. The molecule has 1 atom stereocenters. The number of aromatic nitrogens is 1. The molecule has 5 heteroatoms. The summed E-state index contributed by atoms with van der Waals surface area (Å²) in [5, 5.41) is 0.235. The minimum absolute atomic E-state index is 0.0419. The van der Waals surface area contributed by atoms with Crippen molar-refractivity contribution in [2.45, 2.75) is 24.3 Å². The predicted octanol–water partition coefficient (Wildman–Crippen LogP) is 4.59. The van der Waals surface area contributed by atoms with Crippen molar-refractivity contribution in [2.24, 2.45) is 0 Å². The molecule has 0 saturated carbocycles. The first-order valence-electron chi connectivity index (χ1n) is 7.46. The third-order valence-corrected chi connectivity index (χ3v) is 4.31. The largest absolute Gasteiger partial charge is 0.494 e. The molecule has 0 bridgehead atoms. The summed E-state index contributed by atoms with van der Waals surface area (Å²) in [7, 11) is 0. The van der Waals surface area contributed by atoms with Gasteiger partial charge in [0.1, 0.15) is 11.3 Å². The highest BCUT2D eigenvalue weighted by atomic mass is 32.2. The molecule has 0 aliphatic heterocycles. The number of hydrogen-bond acceptors (Lipinski definition) is 5. The predicted molar refractivity (Wildman–Crippen MR) is 91.3 cm³/mol. The van der Waals surface area contributed by atoms with Crippen LogP contribution in [-0.2, 0) is 0 Å². The van der Waals surface area contributed by atoms with Gasteiger partial charge >= 0.3 is 0 Å². The Labute approximate surface area is 138 Å². The van der Waals surface area contributed by atoms with E-state index in [1.165, 1.54) is 11.8 Å². The normalized spacial score (nSPS) is 12.3. The van der Waals surface area contributed by atoms with Gasteiger partial charge in [-0.15, -0.1) is 0 Å². The second-order valence-corrected chi connectivity index (χ2v) is 6.32. The van der Waals surface area contributed by atoms with Gasteiger partial charge < -0.3 is 9.15 Å². The van der Waals surface area contributed by atoms with Crippen molar-refractivity contribution in [1.82, 2.24) is 4.98 Å². The van der Waals surface area contributed by atoms with Crippen LogP contribution in [0.2, 0.25) is 0 Å². The molecule has 0 aliphatic rings. The molecule has 1 aromatic heterocycles. The molecule has 0 fully saturated rings. The first kappa shape index (κ1) is 15.6. The topological polar surface area (TPSA) is 52.3 Å². The summed E-state index contributed by atoms with van der Waals surface area (Å²) < 4.78 is 11.0. The highest BCUT2D eigenvalue weighted by molar-refractivity contribution is 8.00. The summed E-state index contributed by atoms with van der Waals surface area (Å²) in [5.74, 6) is 0.809. The average Bonchev–Trinajstić information content (AvgIpc) is 2.97. The smallest absolute Gasteiger partial charge is 0.257 e. The first-order valence-corrected chi connectivity index (χ1v) is 8.34. The van der Waals surface area contributed by atoms with E-state index in [9.17, 15) is 4.79 Å². The van der Waals surface area contributed by atoms with Crippen LogP contribution in [0.15, 0.2) is 58.2 Å². The van der Waals surface area contributed by atoms with Crippen molar-refractivity contribution < 1.29 is 13.9 Å². The molecule has 23 heavy (non-hydrogen) atoms. The maximum absolute atomic E-state index is 12.5. The third kappa shape index (κ3) is 3.56. The lowest BCUT2D eigenvalue weighted by Crippen LogP contribution is -2.13. The molecular weight excluding hydrogens is 310 g/mol. The van der Waals surface area contributed by atoms with Crippen molar-refractivity contribution >= 4 is 28.6 Å². The fourth-order valence-corrected chi connectivity index (χ4v) is 3.06. The van der Waals surface area contributed by atoms with E-state index in [0.717, 1.165) is 16.8 Å². The van der Waals surface area contributed by atoms with Gasteiger partial charge in [0.15, 0.2) is 11.4 Å². The number of ether oxygens (including phenoxy) is 1. The van der Waals surface area contributed by atoms with Gasteiger partial charge in [-0.3, -0.25) is 4.79 Å². The van der Waals surface area contributed by atoms with Crippen LogP contribution in [0.5, 0.6) is 5.75 Å². The van der Waals surface area contributed by atoms with Gasteiger partial charge in [-0.25, -0.2) is 4.98 Å². The average molecular weight is 327 g/mol. The monoisotopic (exact) mass is 327 g/mol. The van der Waals surface area contributed by atoms with E-state index >= 15 is 0 Å². The molecule has 118 valence electrons. The van der Waals surface area contributed by atoms with Gasteiger partial charge in [-0.2, -0.15) is 0 Å². The summed E-state index contributed by atoms with van der Waals surface area (Å²) in [6.45, 7) is 4.40. The Balaban J connectivity index is 1.71. The van der Waals surface area contributed by atoms with E-state index in [-0.39, 0.29) is 11.0 Å². The van der Waals surface area contributed by atoms with Crippen molar-refractivity contribution in [3.05, 3.63) is 54.1 Å². The lowest BCUT2D eigenvalue weighted by molar-refractivity contribution is 0.0993. The fourth-order valence-electron chi connectivity index (χ4n) is 2.22. The number of benzene rings is 2. The number of Topliss-reactive ketones (excluding diaryl/α,β-unsaturated/α-hetero) is 1. The third-order valence-electron chi connectivity index (χ3n) is 3.37. The van der Waals surface area contributed by atoms with Gasteiger partial charge in [0.2, 0.25) is 0 Å². The van der Waals surface area contributed by atoms with Crippen LogP contribution >= 0.6 is 11.8 Å². The van der Waals surface area contributed by atoms with Crippen LogP contribution < -0.4 is 4.74 Å². The number of thioether (sulfide) groups is 1. The van der Waals surface area contributed by atoms with Crippen molar-refractivity contribution in [2.75, 3.05) is 6.61 Å². The van der Waals surface area contributed by atoms with Crippen molar-refractivity contribution in [1.29, 1.82) is 0 Å². The van der Waals surface area contributed by atoms with Crippen LogP contribution in [0.25, 0.3) is 11.1 Å². The Kier molecular flexibility index (Phi) is 4.67. The number of hydrogen-bond donors (Lipinski definition) is 0. The molecule has 0 unspecified atom stereocenters. The summed E-state index contributed by atoms with van der Waals surface area (Å²) in [6, 6.07) is 14.8. The number of ketones is 1. The molecule has 0 radical (unpaired) electrons. The lowest BCUT2D eigenvalue weighted by Gasteiger charge is -2.08. The molecule has 0 aliphatic carbocycles. The summed E-state index contributed by atoms with van der Waals surface area (Å²) in [5.41, 5.74) is 2.19. The number of rotatable bonds is 6. The van der Waals surface area contributed by atoms with E-state index in [1.54, 1.807) is 12.1 Å². The number of fused-ring (bicyclic) bond motifs is 1. The number of carbonyl (C=O) groups is 1. The molecule has 3 rings (SSSR count). The minimum atomic E-state index is -0.277. The SMILES string of the molecule is CCOc1ccc(C(=O)[C@@H](C)Sc2nc3ccccc3o2)cc1. The van der Waals surface area contributed by atoms with Crippen molar-refractivity contribution in [3.8, 4) is 5.75 Å². The summed E-state index contributed by atoms with van der Waals surface area (Å²) in [6.07, 6.45) is 0. The van der Waals surface area contributed by atoms with Gasteiger partial charge in [-0.1, -0.05) is 23.9 Å². The molecule has 3 aromatic rings. The number of nitrogens with zero attached hydrogens (tertiary/aromatic N) is 1. The zero-order valence-electron chi connectivity index (χ0n) is 13.0. The highest BCUT2D eigenvalue weighted by Crippen LogP contribution is 2.28. The number of carbonyl (C=O) groups excluding carboxylic acids is 1. The van der Waals surface area contributed by atoms with Crippen LogP contribution in [0.4, 0.5) is 0 Å². The maximum atomic E-state index is 12.5. The van der Waals surface area contributed by atoms with E-state index in [0.29, 0.717) is 17.4 Å². The van der Waals surface area contributed by atoms with Crippen LogP contribution in [0.3, 0.4) is 0 Å². The van der Waals surface area contributed by atoms with Gasteiger partial charge in [0, 0.05) is 5.56 Å². The Bertz CT molecular complexity index is 778. The van der Waals surface area contributed by atoms with Gasteiger partial charge in [0.05, 0.1) is 11.9 Å². The molecule has 4 nitrogen and oxygen atoms in total. The Morgan fingerprint density at radius 1 is 1.22 bits per heavy atom. The molecule has 0 N–H and O–H groups in total. The van der Waals surface area contributed by atoms with Gasteiger partial charge in [0.25, 0.3) is 5.22 Å². The minimum Gasteiger partial charge on any atom is -0.494 e. The Hall–Kier alpha value is -2.27. The summed E-state index contributed by atoms with van der Waals surface area (Å²) in [4.78, 5) is 16.9. The van der Waals surface area contributed by atoms with E-state index in [4.69, 9.17) is 9.15 Å². The van der Waals surface area contributed by atoms with E-state index in [1.807, 2.05) is 50.2 Å². The molecule has 0 spiro atoms. The van der Waals surface area contributed by atoms with Crippen molar-refractivity contribution in [3.63, 3.8) is 0 Å². The zero-order chi connectivity index (χ0) is 16.2. The first-order chi connectivity index (χ1) is 11.2. The Morgan fingerprint density at radius 3 is 2.65 bits per heavy atom. The molecule has 0 amide bonds. The highest BCUT2D eigenvalue weighted by Gasteiger charge is 2.19. The van der Waals surface area contributed by atoms with Crippen LogP contribution in [0, 0.1) is 0 Å².